The van der Waals surface area contributed by atoms with Gasteiger partial charge in [-0.3, -0.25) is 9.59 Å². The molecule has 5 rings (SSSR count). The van der Waals surface area contributed by atoms with Gasteiger partial charge in [-0.2, -0.15) is 0 Å². The first-order chi connectivity index (χ1) is 15.1. The highest BCUT2D eigenvalue weighted by atomic mass is 32.1. The average Bonchev–Trinajstić information content (AvgIpc) is 3.39. The number of carbonyl (C=O) groups is 2. The van der Waals surface area contributed by atoms with Crippen molar-refractivity contribution in [1.29, 1.82) is 0 Å². The summed E-state index contributed by atoms with van der Waals surface area (Å²) in [6, 6.07) is 16.9. The predicted molar refractivity (Wildman–Crippen MR) is 118 cm³/mol. The van der Waals surface area contributed by atoms with Crippen LogP contribution in [0, 0.1) is 11.7 Å². The van der Waals surface area contributed by atoms with E-state index < -0.39 is 5.92 Å². The monoisotopic (exact) mass is 432 g/mol. The van der Waals surface area contributed by atoms with Crippen LogP contribution in [-0.2, 0) is 9.59 Å². The minimum atomic E-state index is -0.465. The molecule has 0 radical (unpaired) electrons. The Bertz CT molecular complexity index is 1240. The van der Waals surface area contributed by atoms with Crippen molar-refractivity contribution in [3.8, 4) is 10.6 Å². The van der Waals surface area contributed by atoms with Crippen molar-refractivity contribution in [2.75, 3.05) is 16.8 Å². The number of aromatic nitrogens is 2. The Balaban J connectivity index is 1.26. The minimum Gasteiger partial charge on any atom is -0.326 e. The number of thiazole rings is 1. The number of pyridine rings is 1. The molecule has 1 saturated heterocycles. The third-order valence-electron chi connectivity index (χ3n) is 5.20. The van der Waals surface area contributed by atoms with E-state index in [0.717, 1.165) is 20.9 Å². The summed E-state index contributed by atoms with van der Waals surface area (Å²) in [4.78, 5) is 36.3. The third kappa shape index (κ3) is 3.89. The zero-order valence-electron chi connectivity index (χ0n) is 16.3. The second-order valence-electron chi connectivity index (χ2n) is 7.30. The van der Waals surface area contributed by atoms with Gasteiger partial charge in [0.05, 0.1) is 5.92 Å². The van der Waals surface area contributed by atoms with Crippen LogP contribution in [0.3, 0.4) is 0 Å². The molecule has 1 N–H and O–H groups in total. The molecule has 8 heteroatoms. The maximum absolute atomic E-state index is 13.1. The topological polar surface area (TPSA) is 75.2 Å². The fourth-order valence-electron chi connectivity index (χ4n) is 3.59. The van der Waals surface area contributed by atoms with Crippen molar-refractivity contribution >= 4 is 44.9 Å². The maximum atomic E-state index is 13.1. The number of benzene rings is 2. The van der Waals surface area contributed by atoms with E-state index in [1.165, 1.54) is 28.4 Å². The predicted octanol–water partition coefficient (Wildman–Crippen LogP) is 4.49. The molecule has 1 unspecified atom stereocenters. The Morgan fingerprint density at radius 2 is 1.87 bits per heavy atom. The standard InChI is InChI=1S/C23H17FN4O2S/c24-16-5-9-18(10-6-16)28-13-15(12-20(28)29)21(30)26-17-7-3-14(4-8-17)22-27-19-2-1-11-25-23(19)31-22/h1-11,15H,12-13H2,(H,26,30). The van der Waals surface area contributed by atoms with Crippen molar-refractivity contribution in [3.63, 3.8) is 0 Å². The number of carbonyl (C=O) groups excluding carboxylic acids is 2. The molecular formula is C23H17FN4O2S. The molecule has 3 heterocycles. The van der Waals surface area contributed by atoms with Crippen molar-refractivity contribution in [1.82, 2.24) is 9.97 Å². The first-order valence-corrected chi connectivity index (χ1v) is 10.6. The van der Waals surface area contributed by atoms with Crippen LogP contribution in [-0.4, -0.2) is 28.3 Å². The number of halogens is 1. The molecule has 1 aliphatic heterocycles. The molecule has 2 amide bonds. The van der Waals surface area contributed by atoms with Crippen LogP contribution in [0.4, 0.5) is 15.8 Å². The third-order valence-corrected chi connectivity index (χ3v) is 6.23. The van der Waals surface area contributed by atoms with Gasteiger partial charge in [-0.15, -0.1) is 0 Å². The number of nitrogens with zero attached hydrogens (tertiary/aromatic N) is 3. The van der Waals surface area contributed by atoms with Gasteiger partial charge < -0.3 is 10.2 Å². The fraction of sp³-hybridized carbons (Fsp3) is 0.130. The highest BCUT2D eigenvalue weighted by Gasteiger charge is 2.35. The highest BCUT2D eigenvalue weighted by molar-refractivity contribution is 7.21. The molecule has 31 heavy (non-hydrogen) atoms. The van der Waals surface area contributed by atoms with E-state index >= 15 is 0 Å². The van der Waals surface area contributed by atoms with Crippen LogP contribution in [0.2, 0.25) is 0 Å². The first kappa shape index (κ1) is 19.3. The summed E-state index contributed by atoms with van der Waals surface area (Å²) in [6.07, 6.45) is 1.87. The van der Waals surface area contributed by atoms with E-state index in [1.807, 2.05) is 36.4 Å². The molecule has 154 valence electrons. The van der Waals surface area contributed by atoms with Crippen LogP contribution in [0.25, 0.3) is 20.9 Å². The zero-order valence-corrected chi connectivity index (χ0v) is 17.1. The molecule has 2 aromatic carbocycles. The van der Waals surface area contributed by atoms with E-state index in [4.69, 9.17) is 0 Å². The minimum absolute atomic E-state index is 0.125. The Labute approximate surface area is 181 Å². The molecule has 2 aromatic heterocycles. The summed E-state index contributed by atoms with van der Waals surface area (Å²) in [5.41, 5.74) is 3.05. The van der Waals surface area contributed by atoms with E-state index in [2.05, 4.69) is 15.3 Å². The van der Waals surface area contributed by atoms with Crippen LogP contribution >= 0.6 is 11.3 Å². The number of hydrogen-bond acceptors (Lipinski definition) is 5. The van der Waals surface area contributed by atoms with Crippen molar-refractivity contribution < 1.29 is 14.0 Å². The molecule has 1 fully saturated rings. The number of rotatable bonds is 4. The lowest BCUT2D eigenvalue weighted by Gasteiger charge is -2.16. The van der Waals surface area contributed by atoms with E-state index in [-0.39, 0.29) is 30.6 Å². The quantitative estimate of drug-likeness (QED) is 0.516. The van der Waals surface area contributed by atoms with Crippen molar-refractivity contribution in [2.24, 2.45) is 5.92 Å². The summed E-state index contributed by atoms with van der Waals surface area (Å²) in [6.45, 7) is 0.271. The molecule has 0 saturated carbocycles. The van der Waals surface area contributed by atoms with Crippen molar-refractivity contribution in [2.45, 2.75) is 6.42 Å². The normalized spacial score (nSPS) is 16.1. The second kappa shape index (κ2) is 7.88. The van der Waals surface area contributed by atoms with Gasteiger partial charge in [0, 0.05) is 36.1 Å². The number of nitrogens with one attached hydrogen (secondary N) is 1. The van der Waals surface area contributed by atoms with Crippen LogP contribution in [0.15, 0.2) is 66.9 Å². The molecule has 1 atom stereocenters. The van der Waals surface area contributed by atoms with Crippen molar-refractivity contribution in [3.05, 3.63) is 72.7 Å². The van der Waals surface area contributed by atoms with Gasteiger partial charge in [0.2, 0.25) is 11.8 Å². The largest absolute Gasteiger partial charge is 0.326 e. The Morgan fingerprint density at radius 3 is 2.61 bits per heavy atom. The van der Waals surface area contributed by atoms with Gasteiger partial charge in [-0.05, 0) is 60.7 Å². The number of anilines is 2. The van der Waals surface area contributed by atoms with E-state index in [0.29, 0.717) is 11.4 Å². The zero-order chi connectivity index (χ0) is 21.4. The van der Waals surface area contributed by atoms with Gasteiger partial charge >= 0.3 is 0 Å². The van der Waals surface area contributed by atoms with Crippen LogP contribution in [0.5, 0.6) is 0 Å². The lowest BCUT2D eigenvalue weighted by molar-refractivity contribution is -0.122. The number of hydrogen-bond donors (Lipinski definition) is 1. The Morgan fingerprint density at radius 1 is 1.10 bits per heavy atom. The summed E-state index contributed by atoms with van der Waals surface area (Å²) < 4.78 is 13.1. The molecule has 4 aromatic rings. The fourth-order valence-corrected chi connectivity index (χ4v) is 4.50. The molecule has 6 nitrogen and oxygen atoms in total. The van der Waals surface area contributed by atoms with Crippen LogP contribution in [0.1, 0.15) is 6.42 Å². The average molecular weight is 432 g/mol. The summed E-state index contributed by atoms with van der Waals surface area (Å²) in [5, 5.41) is 3.75. The molecule has 0 spiro atoms. The van der Waals surface area contributed by atoms with E-state index in [9.17, 15) is 14.0 Å². The van der Waals surface area contributed by atoms with E-state index in [1.54, 1.807) is 18.3 Å². The Kier molecular flexibility index (Phi) is 4.91. The molecule has 0 bridgehead atoms. The lowest BCUT2D eigenvalue weighted by atomic mass is 10.1. The van der Waals surface area contributed by atoms with Gasteiger partial charge in [-0.1, -0.05) is 11.3 Å². The molecule has 0 aliphatic carbocycles. The summed E-state index contributed by atoms with van der Waals surface area (Å²) in [5.74, 6) is -1.19. The lowest BCUT2D eigenvalue weighted by Crippen LogP contribution is -2.28. The second-order valence-corrected chi connectivity index (χ2v) is 8.27. The summed E-state index contributed by atoms with van der Waals surface area (Å²) >= 11 is 1.51. The van der Waals surface area contributed by atoms with Gasteiger partial charge in [0.1, 0.15) is 21.2 Å². The SMILES string of the molecule is O=C(Nc1ccc(-c2nc3cccnc3s2)cc1)C1CC(=O)N(c2ccc(F)cc2)C1. The highest BCUT2D eigenvalue weighted by Crippen LogP contribution is 2.30. The smallest absolute Gasteiger partial charge is 0.229 e. The Hall–Kier alpha value is -3.65. The van der Waals surface area contributed by atoms with Gasteiger partial charge in [0.15, 0.2) is 0 Å². The maximum Gasteiger partial charge on any atom is 0.229 e. The van der Waals surface area contributed by atoms with Gasteiger partial charge in [0.25, 0.3) is 0 Å². The summed E-state index contributed by atoms with van der Waals surface area (Å²) in [7, 11) is 0. The number of amides is 2. The van der Waals surface area contributed by atoms with Gasteiger partial charge in [-0.25, -0.2) is 14.4 Å². The number of fused-ring (bicyclic) bond motifs is 1. The molecular weight excluding hydrogens is 415 g/mol. The van der Waals surface area contributed by atoms with Crippen LogP contribution < -0.4 is 10.2 Å². The molecule has 1 aliphatic rings. The first-order valence-electron chi connectivity index (χ1n) is 9.75.